The van der Waals surface area contributed by atoms with Crippen LogP contribution >= 0.6 is 15.9 Å². The summed E-state index contributed by atoms with van der Waals surface area (Å²) in [5.74, 6) is 1.18. The molecule has 0 unspecified atom stereocenters. The Kier molecular flexibility index (Phi) is 5.12. The number of piperidine rings is 1. The summed E-state index contributed by atoms with van der Waals surface area (Å²) in [4.78, 5) is 14.9. The molecule has 1 heterocycles. The third-order valence-corrected chi connectivity index (χ3v) is 5.68. The molecule has 1 aromatic carbocycles. The topological polar surface area (TPSA) is 20.3 Å². The van der Waals surface area contributed by atoms with Crippen LogP contribution in [0.1, 0.15) is 55.3 Å². The zero-order chi connectivity index (χ0) is 14.7. The van der Waals surface area contributed by atoms with Gasteiger partial charge in [0, 0.05) is 29.0 Å². The van der Waals surface area contributed by atoms with Gasteiger partial charge >= 0.3 is 0 Å². The number of nitrogens with zero attached hydrogens (tertiary/aromatic N) is 1. The van der Waals surface area contributed by atoms with E-state index in [1.54, 1.807) is 0 Å². The van der Waals surface area contributed by atoms with Gasteiger partial charge in [-0.05, 0) is 50.3 Å². The van der Waals surface area contributed by atoms with Crippen LogP contribution in [0.4, 0.5) is 0 Å². The number of carbonyl (C=O) groups excluding carboxylic acids is 1. The minimum absolute atomic E-state index is 0.278. The Hall–Kier alpha value is -0.670. The molecule has 2 atom stereocenters. The van der Waals surface area contributed by atoms with Crippen LogP contribution in [0.25, 0.3) is 0 Å². The maximum absolute atomic E-state index is 12.3. The van der Waals surface area contributed by atoms with Gasteiger partial charge < -0.3 is 0 Å². The van der Waals surface area contributed by atoms with E-state index in [0.717, 1.165) is 28.5 Å². The van der Waals surface area contributed by atoms with Crippen molar-refractivity contribution in [1.82, 2.24) is 4.90 Å². The zero-order valence-electron chi connectivity index (χ0n) is 12.6. The standard InChI is InChI=1S/C18H24BrNO/c19-16-9-7-15(8-10-16)18(21)11-13-20-12-3-5-14-4-1-2-6-17(14)20/h7-10,14,17H,1-6,11-13H2/t14-,17-/m1/s1. The van der Waals surface area contributed by atoms with Gasteiger partial charge in [0.1, 0.15) is 0 Å². The second-order valence-electron chi connectivity index (χ2n) is 6.47. The zero-order valence-corrected chi connectivity index (χ0v) is 14.1. The summed E-state index contributed by atoms with van der Waals surface area (Å²) in [5.41, 5.74) is 0.843. The Morgan fingerprint density at radius 3 is 2.62 bits per heavy atom. The first-order chi connectivity index (χ1) is 10.2. The van der Waals surface area contributed by atoms with E-state index in [4.69, 9.17) is 0 Å². The van der Waals surface area contributed by atoms with E-state index in [1.165, 1.54) is 45.1 Å². The van der Waals surface area contributed by atoms with E-state index in [-0.39, 0.29) is 5.78 Å². The third-order valence-electron chi connectivity index (χ3n) is 5.15. The maximum atomic E-state index is 12.3. The van der Waals surface area contributed by atoms with E-state index in [9.17, 15) is 4.79 Å². The van der Waals surface area contributed by atoms with Crippen molar-refractivity contribution in [1.29, 1.82) is 0 Å². The molecular weight excluding hydrogens is 326 g/mol. The summed E-state index contributed by atoms with van der Waals surface area (Å²) in [6, 6.07) is 8.50. The number of likely N-dealkylation sites (tertiary alicyclic amines) is 1. The predicted octanol–water partition coefficient (Wildman–Crippen LogP) is 4.68. The molecule has 1 saturated carbocycles. The third kappa shape index (κ3) is 3.75. The molecule has 0 spiro atoms. The molecule has 0 amide bonds. The lowest BCUT2D eigenvalue weighted by molar-refractivity contribution is 0.0575. The highest BCUT2D eigenvalue weighted by atomic mass is 79.9. The SMILES string of the molecule is O=C(CCN1CCC[C@H]2CCCC[C@H]21)c1ccc(Br)cc1. The Balaban J connectivity index is 1.56. The number of fused-ring (bicyclic) bond motifs is 1. The number of halogens is 1. The molecule has 1 aliphatic heterocycles. The molecule has 1 aromatic rings. The molecule has 1 saturated heterocycles. The first-order valence-electron chi connectivity index (χ1n) is 8.27. The number of hydrogen-bond acceptors (Lipinski definition) is 2. The van der Waals surface area contributed by atoms with Crippen LogP contribution in [0.15, 0.2) is 28.7 Å². The molecule has 3 rings (SSSR count). The summed E-state index contributed by atoms with van der Waals surface area (Å²) in [5, 5.41) is 0. The monoisotopic (exact) mass is 349 g/mol. The number of carbonyl (C=O) groups is 1. The number of Topliss-reactive ketones (excluding diaryl/α,β-unsaturated/α-hetero) is 1. The average Bonchev–Trinajstić information content (AvgIpc) is 2.53. The molecule has 114 valence electrons. The van der Waals surface area contributed by atoms with Gasteiger partial charge in [0.05, 0.1) is 0 Å². The van der Waals surface area contributed by atoms with Crippen molar-refractivity contribution in [3.8, 4) is 0 Å². The van der Waals surface area contributed by atoms with Gasteiger partial charge in [-0.1, -0.05) is 40.9 Å². The lowest BCUT2D eigenvalue weighted by atomic mass is 9.78. The van der Waals surface area contributed by atoms with Gasteiger partial charge in [0.25, 0.3) is 0 Å². The minimum atomic E-state index is 0.278. The number of benzene rings is 1. The summed E-state index contributed by atoms with van der Waals surface area (Å²) < 4.78 is 1.03. The predicted molar refractivity (Wildman–Crippen MR) is 89.6 cm³/mol. The van der Waals surface area contributed by atoms with Crippen molar-refractivity contribution in [3.05, 3.63) is 34.3 Å². The van der Waals surface area contributed by atoms with E-state index in [0.29, 0.717) is 6.42 Å². The van der Waals surface area contributed by atoms with Crippen LogP contribution in [0.2, 0.25) is 0 Å². The highest BCUT2D eigenvalue weighted by Gasteiger charge is 2.32. The van der Waals surface area contributed by atoms with Crippen molar-refractivity contribution in [3.63, 3.8) is 0 Å². The van der Waals surface area contributed by atoms with Gasteiger partial charge in [0.15, 0.2) is 5.78 Å². The number of hydrogen-bond donors (Lipinski definition) is 0. The van der Waals surface area contributed by atoms with Gasteiger partial charge in [-0.25, -0.2) is 0 Å². The summed E-state index contributed by atoms with van der Waals surface area (Å²) in [6.45, 7) is 2.13. The Morgan fingerprint density at radius 2 is 1.81 bits per heavy atom. The van der Waals surface area contributed by atoms with Crippen LogP contribution in [0, 0.1) is 5.92 Å². The molecule has 2 fully saturated rings. The van der Waals surface area contributed by atoms with Gasteiger partial charge in [-0.3, -0.25) is 9.69 Å². The van der Waals surface area contributed by atoms with E-state index < -0.39 is 0 Å². The second-order valence-corrected chi connectivity index (χ2v) is 7.39. The summed E-state index contributed by atoms with van der Waals surface area (Å²) in [6.07, 6.45) is 8.91. The largest absolute Gasteiger partial charge is 0.300 e. The minimum Gasteiger partial charge on any atom is -0.300 e. The number of ketones is 1. The molecular formula is C18H24BrNO. The highest BCUT2D eigenvalue weighted by molar-refractivity contribution is 9.10. The summed E-state index contributed by atoms with van der Waals surface area (Å²) in [7, 11) is 0. The van der Waals surface area contributed by atoms with Crippen molar-refractivity contribution in [2.75, 3.05) is 13.1 Å². The van der Waals surface area contributed by atoms with Crippen molar-refractivity contribution in [2.45, 2.75) is 51.0 Å². The van der Waals surface area contributed by atoms with Crippen LogP contribution in [-0.4, -0.2) is 29.8 Å². The van der Waals surface area contributed by atoms with Crippen LogP contribution < -0.4 is 0 Å². The average molecular weight is 350 g/mol. The first kappa shape index (κ1) is 15.2. The van der Waals surface area contributed by atoms with Crippen molar-refractivity contribution in [2.24, 2.45) is 5.92 Å². The van der Waals surface area contributed by atoms with E-state index in [2.05, 4.69) is 20.8 Å². The Bertz CT molecular complexity index is 482. The summed E-state index contributed by atoms with van der Waals surface area (Å²) >= 11 is 3.41. The number of rotatable bonds is 4. The lowest BCUT2D eigenvalue weighted by Gasteiger charge is -2.44. The second kappa shape index (κ2) is 7.06. The lowest BCUT2D eigenvalue weighted by Crippen LogP contribution is -2.47. The molecule has 0 bridgehead atoms. The Morgan fingerprint density at radius 1 is 1.10 bits per heavy atom. The van der Waals surface area contributed by atoms with Crippen LogP contribution in [0.5, 0.6) is 0 Å². The van der Waals surface area contributed by atoms with Crippen molar-refractivity contribution < 1.29 is 4.79 Å². The fraction of sp³-hybridized carbons (Fsp3) is 0.611. The van der Waals surface area contributed by atoms with E-state index in [1.807, 2.05) is 24.3 Å². The molecule has 0 radical (unpaired) electrons. The molecule has 1 aliphatic carbocycles. The smallest absolute Gasteiger partial charge is 0.164 e. The van der Waals surface area contributed by atoms with Gasteiger partial charge in [-0.15, -0.1) is 0 Å². The quantitative estimate of drug-likeness (QED) is 0.735. The van der Waals surface area contributed by atoms with Gasteiger partial charge in [0.2, 0.25) is 0 Å². The Labute approximate surface area is 136 Å². The van der Waals surface area contributed by atoms with E-state index >= 15 is 0 Å². The molecule has 3 heteroatoms. The molecule has 21 heavy (non-hydrogen) atoms. The van der Waals surface area contributed by atoms with Crippen LogP contribution in [-0.2, 0) is 0 Å². The fourth-order valence-electron chi connectivity index (χ4n) is 4.03. The van der Waals surface area contributed by atoms with Crippen molar-refractivity contribution >= 4 is 21.7 Å². The van der Waals surface area contributed by atoms with Crippen LogP contribution in [0.3, 0.4) is 0 Å². The maximum Gasteiger partial charge on any atom is 0.164 e. The molecule has 0 N–H and O–H groups in total. The normalized spacial score (nSPS) is 26.3. The highest BCUT2D eigenvalue weighted by Crippen LogP contribution is 2.35. The van der Waals surface area contributed by atoms with Gasteiger partial charge in [-0.2, -0.15) is 0 Å². The first-order valence-corrected chi connectivity index (χ1v) is 9.06. The molecule has 2 nitrogen and oxygen atoms in total. The molecule has 0 aromatic heterocycles. The fourth-order valence-corrected chi connectivity index (χ4v) is 4.30. The molecule has 2 aliphatic rings.